The maximum atomic E-state index is 9.13. The lowest BCUT2D eigenvalue weighted by Crippen LogP contribution is -2.32. The van der Waals surface area contributed by atoms with Crippen LogP contribution >= 0.6 is 22.9 Å². The Balaban J connectivity index is 2.00. The molecule has 1 aromatic rings. The third-order valence-corrected chi connectivity index (χ3v) is 4.58. The Morgan fingerprint density at radius 1 is 1.22 bits per heavy atom. The molecule has 7 heteroatoms. The number of aliphatic hydroxyl groups excluding tert-OH is 2. The molecular weight excluding hydrogens is 274 g/mol. The van der Waals surface area contributed by atoms with Gasteiger partial charge in [0, 0.05) is 26.2 Å². The zero-order chi connectivity index (χ0) is 13.0. The van der Waals surface area contributed by atoms with Crippen molar-refractivity contribution in [1.29, 1.82) is 0 Å². The van der Waals surface area contributed by atoms with E-state index in [9.17, 15) is 0 Å². The van der Waals surface area contributed by atoms with Gasteiger partial charge in [-0.1, -0.05) is 22.9 Å². The highest BCUT2D eigenvalue weighted by molar-refractivity contribution is 7.16. The van der Waals surface area contributed by atoms with Gasteiger partial charge in [-0.25, -0.2) is 4.98 Å². The molecule has 0 amide bonds. The summed E-state index contributed by atoms with van der Waals surface area (Å²) in [5, 5.41) is 19.4. The molecule has 2 N–H and O–H groups in total. The molecule has 1 saturated heterocycles. The molecule has 0 atom stereocenters. The van der Waals surface area contributed by atoms with Crippen molar-refractivity contribution in [2.45, 2.75) is 13.0 Å². The molecule has 102 valence electrons. The highest BCUT2D eigenvalue weighted by Crippen LogP contribution is 2.30. The van der Waals surface area contributed by atoms with Gasteiger partial charge in [0.05, 0.1) is 18.1 Å². The Bertz CT molecular complexity index is 388. The summed E-state index contributed by atoms with van der Waals surface area (Å²) in [6, 6.07) is 0. The van der Waals surface area contributed by atoms with E-state index in [0.717, 1.165) is 49.2 Å². The summed E-state index contributed by atoms with van der Waals surface area (Å²) < 4.78 is 0. The van der Waals surface area contributed by atoms with Crippen LogP contribution in [0.4, 0.5) is 5.13 Å². The number of nitrogens with zero attached hydrogens (tertiary/aromatic N) is 3. The van der Waals surface area contributed by atoms with Crippen LogP contribution < -0.4 is 4.90 Å². The summed E-state index contributed by atoms with van der Waals surface area (Å²) in [6.07, 6.45) is 1.05. The van der Waals surface area contributed by atoms with E-state index in [-0.39, 0.29) is 13.2 Å². The Labute approximate surface area is 116 Å². The second-order valence-corrected chi connectivity index (χ2v) is 5.69. The number of rotatable bonds is 4. The second kappa shape index (κ2) is 6.68. The molecule has 0 aromatic carbocycles. The Hall–Kier alpha value is -0.400. The van der Waals surface area contributed by atoms with Gasteiger partial charge in [-0.05, 0) is 13.0 Å². The van der Waals surface area contributed by atoms with Gasteiger partial charge >= 0.3 is 0 Å². The Kier molecular flexibility index (Phi) is 5.20. The van der Waals surface area contributed by atoms with Gasteiger partial charge in [0.15, 0.2) is 5.13 Å². The quantitative estimate of drug-likeness (QED) is 0.859. The van der Waals surface area contributed by atoms with Crippen molar-refractivity contribution in [3.05, 3.63) is 10.0 Å². The lowest BCUT2D eigenvalue weighted by molar-refractivity contribution is 0.204. The van der Waals surface area contributed by atoms with Gasteiger partial charge in [0.2, 0.25) is 0 Å². The van der Waals surface area contributed by atoms with Gasteiger partial charge < -0.3 is 15.1 Å². The summed E-state index contributed by atoms with van der Waals surface area (Å²) in [5.41, 5.74) is 0. The van der Waals surface area contributed by atoms with Crippen molar-refractivity contribution in [3.63, 3.8) is 0 Å². The van der Waals surface area contributed by atoms with Crippen molar-refractivity contribution in [1.82, 2.24) is 9.88 Å². The molecule has 0 spiro atoms. The number of thiazole rings is 1. The number of halogens is 1. The Morgan fingerprint density at radius 3 is 2.72 bits per heavy atom. The SMILES string of the molecule is OCCN1CCCN(c2nc(Cl)c(CO)s2)CC1. The normalized spacial score (nSPS) is 18.1. The Morgan fingerprint density at radius 2 is 2.06 bits per heavy atom. The van der Waals surface area contributed by atoms with Crippen molar-refractivity contribution in [2.24, 2.45) is 0 Å². The number of β-amino-alcohol motifs (C(OH)–C–C–N with tert-alkyl or cyclic N) is 1. The van der Waals surface area contributed by atoms with Crippen molar-refractivity contribution in [2.75, 3.05) is 44.2 Å². The second-order valence-electron chi connectivity index (χ2n) is 4.27. The maximum absolute atomic E-state index is 9.13. The summed E-state index contributed by atoms with van der Waals surface area (Å²) in [5.74, 6) is 0. The van der Waals surface area contributed by atoms with E-state index in [1.54, 1.807) is 0 Å². The summed E-state index contributed by atoms with van der Waals surface area (Å²) in [4.78, 5) is 9.48. The topological polar surface area (TPSA) is 59.8 Å². The van der Waals surface area contributed by atoms with Crippen LogP contribution in [0, 0.1) is 0 Å². The van der Waals surface area contributed by atoms with Crippen LogP contribution in [0.1, 0.15) is 11.3 Å². The van der Waals surface area contributed by atoms with Crippen molar-refractivity contribution >= 4 is 28.1 Å². The molecule has 0 unspecified atom stereocenters. The minimum absolute atomic E-state index is 0.0546. The lowest BCUT2D eigenvalue weighted by atomic mass is 10.4. The third-order valence-electron chi connectivity index (χ3n) is 3.06. The number of hydrogen-bond donors (Lipinski definition) is 2. The van der Waals surface area contributed by atoms with Crippen LogP contribution in [0.3, 0.4) is 0 Å². The number of anilines is 1. The molecule has 0 aliphatic carbocycles. The van der Waals surface area contributed by atoms with Crippen molar-refractivity contribution < 1.29 is 10.2 Å². The first-order chi connectivity index (χ1) is 8.74. The van der Waals surface area contributed by atoms with Crippen LogP contribution in [0.5, 0.6) is 0 Å². The average Bonchev–Trinajstić information content (AvgIpc) is 2.59. The van der Waals surface area contributed by atoms with Crippen LogP contribution in [-0.4, -0.2) is 59.4 Å². The van der Waals surface area contributed by atoms with Crippen LogP contribution in [-0.2, 0) is 6.61 Å². The fourth-order valence-corrected chi connectivity index (χ4v) is 3.25. The minimum atomic E-state index is -0.0546. The zero-order valence-electron chi connectivity index (χ0n) is 10.2. The summed E-state index contributed by atoms with van der Waals surface area (Å²) in [7, 11) is 0. The molecule has 1 fully saturated rings. The molecule has 2 heterocycles. The van der Waals surface area contributed by atoms with Gasteiger partial charge in [0.25, 0.3) is 0 Å². The molecule has 1 aliphatic rings. The monoisotopic (exact) mass is 291 g/mol. The highest BCUT2D eigenvalue weighted by atomic mass is 35.5. The molecule has 0 saturated carbocycles. The summed E-state index contributed by atoms with van der Waals surface area (Å²) >= 11 is 7.41. The summed E-state index contributed by atoms with van der Waals surface area (Å²) in [6.45, 7) is 4.63. The molecule has 0 radical (unpaired) electrons. The standard InChI is InChI=1S/C11H18ClN3O2S/c12-10-9(8-17)18-11(13-10)15-3-1-2-14(4-5-15)6-7-16/h16-17H,1-8H2. The molecule has 2 rings (SSSR count). The van der Waals surface area contributed by atoms with Crippen LogP contribution in [0.15, 0.2) is 0 Å². The zero-order valence-corrected chi connectivity index (χ0v) is 11.8. The van der Waals surface area contributed by atoms with Gasteiger partial charge in [-0.2, -0.15) is 0 Å². The molecule has 1 aromatic heterocycles. The van der Waals surface area contributed by atoms with Crippen molar-refractivity contribution in [3.8, 4) is 0 Å². The van der Waals surface area contributed by atoms with E-state index in [1.165, 1.54) is 11.3 Å². The molecule has 0 bridgehead atoms. The van der Waals surface area contributed by atoms with Gasteiger partial charge in [-0.15, -0.1) is 0 Å². The van der Waals surface area contributed by atoms with E-state index in [0.29, 0.717) is 5.15 Å². The number of aliphatic hydroxyl groups is 2. The molecule has 5 nitrogen and oxygen atoms in total. The maximum Gasteiger partial charge on any atom is 0.187 e. The van der Waals surface area contributed by atoms with E-state index in [2.05, 4.69) is 14.8 Å². The van der Waals surface area contributed by atoms with Crippen LogP contribution in [0.2, 0.25) is 5.15 Å². The highest BCUT2D eigenvalue weighted by Gasteiger charge is 2.18. The minimum Gasteiger partial charge on any atom is -0.395 e. The van der Waals surface area contributed by atoms with E-state index in [1.807, 2.05) is 0 Å². The van der Waals surface area contributed by atoms with Gasteiger partial charge in [0.1, 0.15) is 5.15 Å². The largest absolute Gasteiger partial charge is 0.395 e. The predicted molar refractivity (Wildman–Crippen MR) is 73.4 cm³/mol. The number of aromatic nitrogens is 1. The van der Waals surface area contributed by atoms with E-state index in [4.69, 9.17) is 21.8 Å². The van der Waals surface area contributed by atoms with E-state index >= 15 is 0 Å². The molecule has 18 heavy (non-hydrogen) atoms. The first-order valence-electron chi connectivity index (χ1n) is 6.09. The molecular formula is C11H18ClN3O2S. The lowest BCUT2D eigenvalue weighted by Gasteiger charge is -2.20. The predicted octanol–water partition coefficient (Wildman–Crippen LogP) is 0.793. The number of hydrogen-bond acceptors (Lipinski definition) is 6. The fraction of sp³-hybridized carbons (Fsp3) is 0.727. The first kappa shape index (κ1) is 14.0. The van der Waals surface area contributed by atoms with Crippen LogP contribution in [0.25, 0.3) is 0 Å². The third kappa shape index (κ3) is 3.33. The molecule has 1 aliphatic heterocycles. The first-order valence-corrected chi connectivity index (χ1v) is 7.28. The smallest absolute Gasteiger partial charge is 0.187 e. The fourth-order valence-electron chi connectivity index (χ4n) is 2.08. The van der Waals surface area contributed by atoms with E-state index < -0.39 is 0 Å². The van der Waals surface area contributed by atoms with Gasteiger partial charge in [-0.3, -0.25) is 4.90 Å². The average molecular weight is 292 g/mol.